The summed E-state index contributed by atoms with van der Waals surface area (Å²) in [7, 11) is 1.25. The first-order valence-electron chi connectivity index (χ1n) is 11.4. The molecule has 1 aliphatic heterocycles. The molecule has 0 bridgehead atoms. The van der Waals surface area contributed by atoms with Crippen LogP contribution in [0, 0.1) is 13.7 Å². The van der Waals surface area contributed by atoms with E-state index in [9.17, 15) is 29.9 Å². The standard InChI is InChI=1S/C24H26IN5O9/c1-4-38-18-9-14(21-20(23(33)37-3)12(2)27-24(34)28-21)5-6-17(18)39-11-19(31)29-26-10-13-7-15(25)22(32)16(8-13)30(35)36/h5-10,19,21,29,31-32H,4,11H2,1-3H3,(H2,27,28,34)/b26-10-/t19-,21-/m0/s1. The lowest BCUT2D eigenvalue weighted by atomic mass is 9.95. The Hall–Kier alpha value is -4.12. The van der Waals surface area contributed by atoms with Crippen LogP contribution in [0.1, 0.15) is 31.0 Å². The third-order valence-corrected chi connectivity index (χ3v) is 6.19. The first-order valence-corrected chi connectivity index (χ1v) is 12.5. The van der Waals surface area contributed by atoms with Crippen molar-refractivity contribution in [3.8, 4) is 17.2 Å². The Labute approximate surface area is 236 Å². The molecular weight excluding hydrogens is 629 g/mol. The number of phenols is 1. The number of aromatic hydroxyl groups is 1. The summed E-state index contributed by atoms with van der Waals surface area (Å²) in [5.41, 5.74) is 3.45. The summed E-state index contributed by atoms with van der Waals surface area (Å²) in [6.07, 6.45) is -0.0123. The molecule has 5 N–H and O–H groups in total. The van der Waals surface area contributed by atoms with Gasteiger partial charge >= 0.3 is 17.7 Å². The second-order valence-corrected chi connectivity index (χ2v) is 9.20. The van der Waals surface area contributed by atoms with Crippen LogP contribution in [0.5, 0.6) is 17.2 Å². The highest BCUT2D eigenvalue weighted by Gasteiger charge is 2.32. The predicted octanol–water partition coefficient (Wildman–Crippen LogP) is 2.43. The number of benzene rings is 2. The molecule has 208 valence electrons. The van der Waals surface area contributed by atoms with Crippen molar-refractivity contribution in [2.75, 3.05) is 20.3 Å². The molecule has 0 fully saturated rings. The first-order chi connectivity index (χ1) is 18.5. The molecule has 0 saturated heterocycles. The molecule has 0 saturated carbocycles. The smallest absolute Gasteiger partial charge is 0.337 e. The maximum Gasteiger partial charge on any atom is 0.337 e. The topological polar surface area (TPSA) is 194 Å². The zero-order chi connectivity index (χ0) is 28.7. The number of esters is 1. The molecule has 2 atom stereocenters. The number of nitro benzene ring substituents is 1. The van der Waals surface area contributed by atoms with Crippen molar-refractivity contribution >= 4 is 46.5 Å². The molecule has 2 amide bonds. The summed E-state index contributed by atoms with van der Waals surface area (Å²) < 4.78 is 16.5. The van der Waals surface area contributed by atoms with Crippen molar-refractivity contribution in [2.45, 2.75) is 26.1 Å². The molecule has 1 aliphatic rings. The Kier molecular flexibility index (Phi) is 9.89. The number of ether oxygens (including phenoxy) is 3. The fourth-order valence-electron chi connectivity index (χ4n) is 3.64. The Morgan fingerprint density at radius 3 is 2.72 bits per heavy atom. The van der Waals surface area contributed by atoms with Crippen LogP contribution < -0.4 is 25.5 Å². The van der Waals surface area contributed by atoms with Gasteiger partial charge in [0.15, 0.2) is 17.7 Å². The molecule has 0 radical (unpaired) electrons. The lowest BCUT2D eigenvalue weighted by molar-refractivity contribution is -0.386. The second-order valence-electron chi connectivity index (χ2n) is 8.04. The summed E-state index contributed by atoms with van der Waals surface area (Å²) in [5, 5.41) is 40.2. The number of nitrogens with zero attached hydrogens (tertiary/aromatic N) is 2. The summed E-state index contributed by atoms with van der Waals surface area (Å²) >= 11 is 1.76. The highest BCUT2D eigenvalue weighted by molar-refractivity contribution is 14.1. The second kappa shape index (κ2) is 13.1. The lowest BCUT2D eigenvalue weighted by Crippen LogP contribution is -2.45. The third-order valence-electron chi connectivity index (χ3n) is 5.37. The van der Waals surface area contributed by atoms with Gasteiger partial charge in [-0.2, -0.15) is 5.10 Å². The molecule has 2 aromatic carbocycles. The van der Waals surface area contributed by atoms with E-state index in [1.54, 1.807) is 54.6 Å². The summed E-state index contributed by atoms with van der Waals surface area (Å²) in [5.74, 6) is -0.443. The van der Waals surface area contributed by atoms with E-state index in [0.717, 1.165) is 6.07 Å². The SMILES string of the molecule is CCOc1cc([C@@H]2NC(=O)NC(C)=C2C(=O)OC)ccc1OC[C@H](O)N/N=C\c1cc(I)c(O)c([N+](=O)[O-])c1. The van der Waals surface area contributed by atoms with Crippen LogP contribution >= 0.6 is 22.6 Å². The average Bonchev–Trinajstić information content (AvgIpc) is 2.89. The number of hydrazone groups is 1. The van der Waals surface area contributed by atoms with Gasteiger partial charge in [0.25, 0.3) is 0 Å². The lowest BCUT2D eigenvalue weighted by Gasteiger charge is -2.28. The number of carbonyl (C=O) groups excluding carboxylic acids is 2. The molecule has 2 aromatic rings. The van der Waals surface area contributed by atoms with Gasteiger partial charge in [-0.1, -0.05) is 6.07 Å². The number of carbonyl (C=O) groups is 2. The first kappa shape index (κ1) is 29.4. The molecule has 1 heterocycles. The van der Waals surface area contributed by atoms with E-state index in [1.165, 1.54) is 19.4 Å². The van der Waals surface area contributed by atoms with Gasteiger partial charge < -0.3 is 35.1 Å². The van der Waals surface area contributed by atoms with E-state index in [2.05, 4.69) is 21.2 Å². The van der Waals surface area contributed by atoms with Crippen LogP contribution in [0.15, 0.2) is 46.7 Å². The number of hydrogen-bond donors (Lipinski definition) is 5. The predicted molar refractivity (Wildman–Crippen MR) is 146 cm³/mol. The summed E-state index contributed by atoms with van der Waals surface area (Å²) in [6.45, 7) is 3.41. The van der Waals surface area contributed by atoms with Crippen LogP contribution in [0.25, 0.3) is 0 Å². The van der Waals surface area contributed by atoms with Gasteiger partial charge in [-0.05, 0) is 60.2 Å². The van der Waals surface area contributed by atoms with Gasteiger partial charge in [0.05, 0.1) is 40.0 Å². The maximum atomic E-state index is 12.4. The van der Waals surface area contributed by atoms with Crippen LogP contribution in [-0.4, -0.2) is 59.9 Å². The van der Waals surface area contributed by atoms with Crippen molar-refractivity contribution in [3.63, 3.8) is 0 Å². The number of rotatable bonds is 11. The number of nitrogens with one attached hydrogen (secondary N) is 3. The number of urea groups is 1. The monoisotopic (exact) mass is 655 g/mol. The van der Waals surface area contributed by atoms with Gasteiger partial charge in [0.2, 0.25) is 5.75 Å². The van der Waals surface area contributed by atoms with Crippen LogP contribution in [0.3, 0.4) is 0 Å². The molecule has 0 spiro atoms. The number of allylic oxidation sites excluding steroid dienone is 1. The maximum absolute atomic E-state index is 12.4. The zero-order valence-electron chi connectivity index (χ0n) is 21.1. The molecular formula is C24H26IN5O9. The van der Waals surface area contributed by atoms with E-state index in [0.29, 0.717) is 29.2 Å². The van der Waals surface area contributed by atoms with Crippen LogP contribution in [0.2, 0.25) is 0 Å². The minimum absolute atomic E-state index is 0.236. The molecule has 3 rings (SSSR count). The molecule has 0 aromatic heterocycles. The van der Waals surface area contributed by atoms with Gasteiger partial charge in [0.1, 0.15) is 6.61 Å². The number of methoxy groups -OCH3 is 1. The number of phenolic OH excluding ortho intramolecular Hbond substituents is 1. The van der Waals surface area contributed by atoms with Crippen molar-refractivity contribution in [2.24, 2.45) is 5.10 Å². The van der Waals surface area contributed by atoms with Crippen molar-refractivity contribution < 1.29 is 38.9 Å². The summed E-state index contributed by atoms with van der Waals surface area (Å²) in [6, 6.07) is 6.19. The normalized spacial score (nSPS) is 15.8. The largest absolute Gasteiger partial charge is 0.501 e. The molecule has 14 nitrogen and oxygen atoms in total. The number of halogens is 1. The quantitative estimate of drug-likeness (QED) is 0.0600. The van der Waals surface area contributed by atoms with Crippen molar-refractivity contribution in [1.29, 1.82) is 0 Å². The average molecular weight is 655 g/mol. The highest BCUT2D eigenvalue weighted by atomic mass is 127. The Bertz CT molecular complexity index is 1330. The Morgan fingerprint density at radius 1 is 1.31 bits per heavy atom. The Morgan fingerprint density at radius 2 is 2.05 bits per heavy atom. The third kappa shape index (κ3) is 7.26. The summed E-state index contributed by atoms with van der Waals surface area (Å²) in [4.78, 5) is 34.8. The number of amides is 2. The minimum atomic E-state index is -1.26. The fourth-order valence-corrected chi connectivity index (χ4v) is 4.27. The minimum Gasteiger partial charge on any atom is -0.501 e. The number of hydrogen-bond acceptors (Lipinski definition) is 11. The zero-order valence-corrected chi connectivity index (χ0v) is 23.2. The van der Waals surface area contributed by atoms with Gasteiger partial charge in [0, 0.05) is 17.3 Å². The van der Waals surface area contributed by atoms with E-state index < -0.39 is 40.6 Å². The number of aliphatic hydroxyl groups is 1. The fraction of sp³-hybridized carbons (Fsp3) is 0.292. The van der Waals surface area contributed by atoms with Crippen LogP contribution in [0.4, 0.5) is 10.5 Å². The van der Waals surface area contributed by atoms with Gasteiger partial charge in [-0.15, -0.1) is 0 Å². The molecule has 39 heavy (non-hydrogen) atoms. The van der Waals surface area contributed by atoms with E-state index in [1.807, 2.05) is 0 Å². The molecule has 0 unspecified atom stereocenters. The number of nitro groups is 1. The van der Waals surface area contributed by atoms with Gasteiger partial charge in [-0.25, -0.2) is 9.59 Å². The molecule has 0 aliphatic carbocycles. The van der Waals surface area contributed by atoms with Crippen LogP contribution in [-0.2, 0) is 9.53 Å². The molecule has 15 heteroatoms. The van der Waals surface area contributed by atoms with E-state index >= 15 is 0 Å². The number of aliphatic hydroxyl groups excluding tert-OH is 1. The highest BCUT2D eigenvalue weighted by Crippen LogP contribution is 2.35. The Balaban J connectivity index is 1.71. The van der Waals surface area contributed by atoms with Crippen molar-refractivity contribution in [3.05, 3.63) is 66.4 Å². The van der Waals surface area contributed by atoms with E-state index in [4.69, 9.17) is 14.2 Å². The van der Waals surface area contributed by atoms with Gasteiger partial charge in [-0.3, -0.25) is 15.5 Å². The van der Waals surface area contributed by atoms with E-state index in [-0.39, 0.29) is 21.5 Å². The van der Waals surface area contributed by atoms with Crippen molar-refractivity contribution in [1.82, 2.24) is 16.1 Å².